The van der Waals surface area contributed by atoms with Crippen LogP contribution >= 0.6 is 35.2 Å². The number of nitrogens with zero attached hydrogens (tertiary/aromatic N) is 4. The number of carboxylic acid groups (broad SMARTS) is 1. The van der Waals surface area contributed by atoms with Crippen molar-refractivity contribution in [1.29, 1.82) is 0 Å². The Labute approximate surface area is 327 Å². The number of aromatic nitrogens is 4. The van der Waals surface area contributed by atoms with E-state index in [1.54, 1.807) is 0 Å². The van der Waals surface area contributed by atoms with E-state index in [0.717, 1.165) is 29.0 Å². The molecule has 1 aliphatic heterocycles. The zero-order valence-electron chi connectivity index (χ0n) is 30.0. The number of nitrogens with one attached hydrogen (secondary N) is 2. The molecule has 2 unspecified atom stereocenters. The first kappa shape index (κ1) is 48.1. The van der Waals surface area contributed by atoms with Crippen molar-refractivity contribution < 1.29 is 90.4 Å². The van der Waals surface area contributed by atoms with Crippen molar-refractivity contribution in [3.63, 3.8) is 0 Å². The van der Waals surface area contributed by atoms with Gasteiger partial charge in [-0.2, -0.15) is 4.31 Å². The van der Waals surface area contributed by atoms with Crippen LogP contribution in [0.25, 0.3) is 11.2 Å². The second-order valence-electron chi connectivity index (χ2n) is 12.5. The molecule has 0 bridgehead atoms. The van der Waals surface area contributed by atoms with Crippen molar-refractivity contribution in [2.45, 2.75) is 63.8 Å². The van der Waals surface area contributed by atoms with E-state index in [9.17, 15) is 67.8 Å². The number of aliphatic hydroxyl groups excluding tert-OH is 2. The Kier molecular flexibility index (Phi) is 17.4. The number of carboxylic acids is 1. The summed E-state index contributed by atoms with van der Waals surface area (Å²) in [6, 6.07) is 0. The number of aliphatic carboxylic acids is 1. The summed E-state index contributed by atoms with van der Waals surface area (Å²) in [5.74, 6) is -2.62. The molecule has 26 nitrogen and oxygen atoms in total. The molecule has 0 saturated carbocycles. The van der Waals surface area contributed by atoms with Gasteiger partial charge in [0.1, 0.15) is 36.3 Å². The maximum Gasteiger partial charge on any atom is 0.481 e. The zero-order chi connectivity index (χ0) is 42.8. The van der Waals surface area contributed by atoms with Crippen LogP contribution < -0.4 is 21.5 Å². The second kappa shape index (κ2) is 20.6. The zero-order valence-corrected chi connectivity index (χ0v) is 33.5. The molecule has 0 radical (unpaired) electrons. The summed E-state index contributed by atoms with van der Waals surface area (Å²) in [7, 11) is -16.4. The van der Waals surface area contributed by atoms with Gasteiger partial charge in [0, 0.05) is 36.6 Å². The largest absolute Gasteiger partial charge is 0.550 e. The van der Waals surface area contributed by atoms with E-state index in [1.165, 1.54) is 26.0 Å². The Balaban J connectivity index is 1.47. The number of allylic oxidation sites excluding steroid dienone is 1. The smallest absolute Gasteiger partial charge is 0.481 e. The van der Waals surface area contributed by atoms with Crippen molar-refractivity contribution in [3.8, 4) is 0 Å². The molecule has 10 N–H and O–H groups in total. The van der Waals surface area contributed by atoms with E-state index in [1.807, 2.05) is 0 Å². The summed E-state index contributed by atoms with van der Waals surface area (Å²) in [5.41, 5.74) is 4.20. The van der Waals surface area contributed by atoms with Gasteiger partial charge < -0.3 is 60.8 Å². The van der Waals surface area contributed by atoms with Crippen molar-refractivity contribution in [3.05, 3.63) is 24.8 Å². The molecule has 0 aromatic carbocycles. The predicted molar refractivity (Wildman–Crippen MR) is 190 cm³/mol. The van der Waals surface area contributed by atoms with E-state index in [4.69, 9.17) is 19.5 Å². The number of imidazole rings is 1. The number of nitrogen functional groups attached to an aromatic ring is 1. The number of hydrogen-bond donors (Lipinski definition) is 9. The molecule has 0 spiro atoms. The maximum atomic E-state index is 12.7. The Hall–Kier alpha value is -3.23. The molecule has 1 aliphatic rings. The lowest BCUT2D eigenvalue weighted by Crippen LogP contribution is -2.46. The first-order valence-corrected chi connectivity index (χ1v) is 21.8. The molecule has 0 aliphatic carbocycles. The number of thioether (sulfide) groups is 1. The molecule has 2 aromatic heterocycles. The molecule has 30 heteroatoms. The third-order valence-corrected chi connectivity index (χ3v) is 11.4. The van der Waals surface area contributed by atoms with Crippen LogP contribution in [0.1, 0.15) is 39.3 Å². The Morgan fingerprint density at radius 1 is 1.07 bits per heavy atom. The van der Waals surface area contributed by atoms with Gasteiger partial charge >= 0.3 is 23.5 Å². The van der Waals surface area contributed by atoms with Crippen molar-refractivity contribution in [2.75, 3.05) is 37.8 Å². The van der Waals surface area contributed by atoms with Crippen molar-refractivity contribution in [1.82, 2.24) is 30.2 Å². The fourth-order valence-electron chi connectivity index (χ4n) is 4.71. The van der Waals surface area contributed by atoms with Gasteiger partial charge in [0.15, 0.2) is 17.7 Å². The first-order valence-electron chi connectivity index (χ1n) is 16.3. The van der Waals surface area contributed by atoms with Crippen LogP contribution in [0.15, 0.2) is 24.8 Å². The van der Waals surface area contributed by atoms with Crippen molar-refractivity contribution >= 4 is 75.1 Å². The molecule has 1 saturated heterocycles. The molecule has 1 fully saturated rings. The average Bonchev–Trinajstić information content (AvgIpc) is 3.66. The number of phosphoric acid groups is 3. The standard InChI is InChI=1S/C27H42N7O19P3S/c1-27(2,22(40)25(41)30-8-7-16(35)29-9-10-57-18(38)6-4-3-5-17(36)37)12-50-56(47,48)53-55(45,46)49-11-15-21(52-54(42,43)44)20(39)26(51-15)34-14-33-19-23(28)31-13-32-24(19)34/h4,6,13-15,20-22,26,39-40H,3,5,7-12H2,1-2H3,(H,29,35)(H,30,41)(H,36,37)(H,45,46)(H,47,48)(H2,28,31,32)(H2,42,43,44)/p-1/t15-,20-,21-,22+,26-/m1/s1. The highest BCUT2D eigenvalue weighted by molar-refractivity contribution is 8.14. The van der Waals surface area contributed by atoms with Gasteiger partial charge in [0.05, 0.1) is 19.5 Å². The Bertz CT molecular complexity index is 1930. The Morgan fingerprint density at radius 2 is 1.75 bits per heavy atom. The number of fused-ring (bicyclic) bond motifs is 1. The second-order valence-corrected chi connectivity index (χ2v) is 17.9. The quantitative estimate of drug-likeness (QED) is 0.0323. The third-order valence-electron chi connectivity index (χ3n) is 7.52. The fourth-order valence-corrected chi connectivity index (χ4v) is 8.14. The molecule has 2 amide bonds. The molecule has 320 valence electrons. The molecule has 57 heavy (non-hydrogen) atoms. The number of anilines is 1. The van der Waals surface area contributed by atoms with E-state index >= 15 is 0 Å². The number of carbonyl (C=O) groups excluding carboxylic acids is 4. The number of carbonyl (C=O) groups is 4. The lowest BCUT2D eigenvalue weighted by atomic mass is 9.87. The topological polar surface area (TPSA) is 404 Å². The van der Waals surface area contributed by atoms with E-state index in [0.29, 0.717) is 0 Å². The van der Waals surface area contributed by atoms with Gasteiger partial charge in [0.25, 0.3) is 0 Å². The summed E-state index contributed by atoms with van der Waals surface area (Å²) < 4.78 is 62.0. The molecule has 2 aromatic rings. The lowest BCUT2D eigenvalue weighted by molar-refractivity contribution is -0.305. The van der Waals surface area contributed by atoms with Crippen LogP contribution in [0, 0.1) is 5.41 Å². The summed E-state index contributed by atoms with van der Waals surface area (Å²) in [6.45, 7) is 0.232. The monoisotopic (exact) mass is 892 g/mol. The fraction of sp³-hybridized carbons (Fsp3) is 0.593. The van der Waals surface area contributed by atoms with Crippen LogP contribution in [-0.4, -0.2) is 129 Å². The highest BCUT2D eigenvalue weighted by atomic mass is 32.2. The minimum Gasteiger partial charge on any atom is -0.550 e. The molecular formula is C27H41N7O19P3S-. The predicted octanol–water partition coefficient (Wildman–Crippen LogP) is -2.25. The normalized spacial score (nSPS) is 21.5. The van der Waals surface area contributed by atoms with Gasteiger partial charge in [-0.05, 0) is 18.9 Å². The van der Waals surface area contributed by atoms with Crippen LogP contribution in [-0.2, 0) is 55.5 Å². The van der Waals surface area contributed by atoms with Gasteiger partial charge in [-0.1, -0.05) is 31.7 Å². The first-order chi connectivity index (χ1) is 26.4. The number of nitrogens with two attached hydrogens (primary N) is 1. The molecule has 3 rings (SSSR count). The van der Waals surface area contributed by atoms with Crippen LogP contribution in [0.4, 0.5) is 5.82 Å². The van der Waals surface area contributed by atoms with E-state index in [2.05, 4.69) is 34.4 Å². The SMILES string of the molecule is CC(C)(COP(=O)(O)OP(=O)(O)OC[C@H]1O[C@@H](n2cnc3c(N)ncnc32)[C@H](O)[C@@H]1OP(=O)(O)O)[C@@H](O)C(=O)NCCC(=O)NCCSC(=O)C=CCCC(=O)[O-]. The van der Waals surface area contributed by atoms with Gasteiger partial charge in [-0.3, -0.25) is 32.5 Å². The number of ether oxygens (including phenoxy) is 1. The minimum absolute atomic E-state index is 0.0191. The average molecular weight is 893 g/mol. The van der Waals surface area contributed by atoms with Gasteiger partial charge in [-0.25, -0.2) is 28.6 Å². The van der Waals surface area contributed by atoms with E-state index in [-0.39, 0.29) is 60.2 Å². The van der Waals surface area contributed by atoms with Crippen LogP contribution in [0.2, 0.25) is 0 Å². The third kappa shape index (κ3) is 15.5. The summed E-state index contributed by atoms with van der Waals surface area (Å²) in [6.07, 6.45) is -4.59. The number of amides is 2. The van der Waals surface area contributed by atoms with Crippen LogP contribution in [0.5, 0.6) is 0 Å². The number of hydrogen-bond acceptors (Lipinski definition) is 20. The number of aliphatic hydroxyl groups is 2. The molecular weight excluding hydrogens is 851 g/mol. The molecule has 3 heterocycles. The van der Waals surface area contributed by atoms with Crippen molar-refractivity contribution in [2.24, 2.45) is 5.41 Å². The van der Waals surface area contributed by atoms with Gasteiger partial charge in [-0.15, -0.1) is 0 Å². The Morgan fingerprint density at radius 3 is 2.42 bits per heavy atom. The number of rotatable bonds is 23. The summed E-state index contributed by atoms with van der Waals surface area (Å²) >= 11 is 0.879. The highest BCUT2D eigenvalue weighted by Gasteiger charge is 2.50. The minimum atomic E-state index is -5.59. The molecule has 7 atom stereocenters. The highest BCUT2D eigenvalue weighted by Crippen LogP contribution is 2.61. The maximum absolute atomic E-state index is 12.7. The van der Waals surface area contributed by atoms with Crippen LogP contribution in [0.3, 0.4) is 0 Å². The van der Waals surface area contributed by atoms with E-state index < -0.39 is 90.5 Å². The van der Waals surface area contributed by atoms with Gasteiger partial charge in [0.2, 0.25) is 16.9 Å². The lowest BCUT2D eigenvalue weighted by Gasteiger charge is -2.30. The summed E-state index contributed by atoms with van der Waals surface area (Å²) in [4.78, 5) is 97.5. The number of phosphoric ester groups is 3. The summed E-state index contributed by atoms with van der Waals surface area (Å²) in [5, 5.41) is 36.2.